The van der Waals surface area contributed by atoms with Gasteiger partial charge in [-0.2, -0.15) is 0 Å². The predicted molar refractivity (Wildman–Crippen MR) is 105 cm³/mol. The van der Waals surface area contributed by atoms with Crippen LogP contribution in [0.4, 0.5) is 5.69 Å². The number of rotatable bonds is 10. The Balaban J connectivity index is 3.20. The van der Waals surface area contributed by atoms with Crippen molar-refractivity contribution in [3.05, 3.63) is 29.8 Å². The molecule has 0 saturated carbocycles. The van der Waals surface area contributed by atoms with E-state index in [1.54, 1.807) is 30.1 Å². The number of hydrogen-bond donors (Lipinski definition) is 2. The standard InChI is InChI=1S/C20H28N2O7/c1-5-9-21(4)19(26)15-7-6-8-16(12-15)22(10-11-23)18(25)13(2)17(20(27)28)29-14(3)24/h6-8,12-13,17,23H,5,9-11H2,1-4H3,(H,27,28). The number of carbonyl (C=O) groups excluding carboxylic acids is 3. The van der Waals surface area contributed by atoms with Crippen LogP contribution in [-0.2, 0) is 19.1 Å². The monoisotopic (exact) mass is 408 g/mol. The van der Waals surface area contributed by atoms with E-state index in [0.717, 1.165) is 13.3 Å². The van der Waals surface area contributed by atoms with E-state index in [2.05, 4.69) is 0 Å². The molecule has 0 fully saturated rings. The Morgan fingerprint density at radius 3 is 2.34 bits per heavy atom. The van der Waals surface area contributed by atoms with E-state index in [0.29, 0.717) is 17.8 Å². The lowest BCUT2D eigenvalue weighted by Gasteiger charge is -2.28. The number of carboxylic acid groups (broad SMARTS) is 1. The van der Waals surface area contributed by atoms with Gasteiger partial charge >= 0.3 is 11.9 Å². The van der Waals surface area contributed by atoms with E-state index in [-0.39, 0.29) is 19.1 Å². The summed E-state index contributed by atoms with van der Waals surface area (Å²) in [5.41, 5.74) is 0.690. The minimum Gasteiger partial charge on any atom is -0.478 e. The third kappa shape index (κ3) is 6.56. The minimum absolute atomic E-state index is 0.113. The van der Waals surface area contributed by atoms with Crippen LogP contribution in [0.5, 0.6) is 0 Å². The highest BCUT2D eigenvalue weighted by Crippen LogP contribution is 2.22. The maximum atomic E-state index is 12.9. The summed E-state index contributed by atoms with van der Waals surface area (Å²) >= 11 is 0. The number of aliphatic carboxylic acids is 1. The lowest BCUT2D eigenvalue weighted by Crippen LogP contribution is -2.45. The fourth-order valence-electron chi connectivity index (χ4n) is 2.85. The third-order valence-electron chi connectivity index (χ3n) is 4.28. The Morgan fingerprint density at radius 1 is 1.17 bits per heavy atom. The fraction of sp³-hybridized carbons (Fsp3) is 0.500. The molecule has 2 amide bonds. The van der Waals surface area contributed by atoms with Crippen molar-refractivity contribution in [3.63, 3.8) is 0 Å². The first-order chi connectivity index (χ1) is 13.6. The van der Waals surface area contributed by atoms with Gasteiger partial charge in [-0.15, -0.1) is 0 Å². The molecule has 0 aliphatic rings. The van der Waals surface area contributed by atoms with Crippen LogP contribution in [0.1, 0.15) is 37.6 Å². The van der Waals surface area contributed by atoms with Gasteiger partial charge < -0.3 is 24.7 Å². The molecular weight excluding hydrogens is 380 g/mol. The summed E-state index contributed by atoms with van der Waals surface area (Å²) in [7, 11) is 1.67. The Kier molecular flexibility index (Phi) is 9.27. The molecule has 160 valence electrons. The Bertz CT molecular complexity index is 750. The van der Waals surface area contributed by atoms with E-state index in [1.165, 1.54) is 17.9 Å². The number of hydrogen-bond acceptors (Lipinski definition) is 6. The van der Waals surface area contributed by atoms with Crippen molar-refractivity contribution in [1.82, 2.24) is 4.90 Å². The van der Waals surface area contributed by atoms with Crippen molar-refractivity contribution in [1.29, 1.82) is 0 Å². The molecule has 0 aliphatic heterocycles. The van der Waals surface area contributed by atoms with Gasteiger partial charge in [0.1, 0.15) is 0 Å². The summed E-state index contributed by atoms with van der Waals surface area (Å²) in [6, 6.07) is 6.31. The lowest BCUT2D eigenvalue weighted by molar-refractivity contribution is -0.167. The molecule has 9 heteroatoms. The topological polar surface area (TPSA) is 124 Å². The first kappa shape index (κ1) is 24.1. The Morgan fingerprint density at radius 2 is 1.83 bits per heavy atom. The van der Waals surface area contributed by atoms with E-state index in [9.17, 15) is 29.4 Å². The van der Waals surface area contributed by atoms with Crippen LogP contribution < -0.4 is 4.90 Å². The summed E-state index contributed by atoms with van der Waals surface area (Å²) in [5, 5.41) is 18.7. The van der Waals surface area contributed by atoms with Crippen molar-refractivity contribution in [2.24, 2.45) is 5.92 Å². The second-order valence-electron chi connectivity index (χ2n) is 6.65. The summed E-state index contributed by atoms with van der Waals surface area (Å²) in [6.45, 7) is 4.42. The van der Waals surface area contributed by atoms with Crippen molar-refractivity contribution in [2.45, 2.75) is 33.3 Å². The number of esters is 1. The largest absolute Gasteiger partial charge is 0.478 e. The van der Waals surface area contributed by atoms with Gasteiger partial charge in [0.05, 0.1) is 12.5 Å². The molecule has 1 rings (SSSR count). The molecule has 0 heterocycles. The van der Waals surface area contributed by atoms with Crippen LogP contribution in [-0.4, -0.2) is 71.7 Å². The molecule has 9 nitrogen and oxygen atoms in total. The van der Waals surface area contributed by atoms with Crippen LogP contribution in [0.25, 0.3) is 0 Å². The third-order valence-corrected chi connectivity index (χ3v) is 4.28. The van der Waals surface area contributed by atoms with Crippen LogP contribution in [0.2, 0.25) is 0 Å². The molecule has 0 bridgehead atoms. The van der Waals surface area contributed by atoms with Crippen molar-refractivity contribution in [2.75, 3.05) is 31.6 Å². The van der Waals surface area contributed by atoms with E-state index < -0.39 is 29.9 Å². The van der Waals surface area contributed by atoms with E-state index in [4.69, 9.17) is 4.74 Å². The number of carboxylic acids is 1. The zero-order valence-electron chi connectivity index (χ0n) is 17.1. The molecule has 0 aromatic heterocycles. The highest BCUT2D eigenvalue weighted by molar-refractivity contribution is 6.00. The van der Waals surface area contributed by atoms with Crippen molar-refractivity contribution in [3.8, 4) is 0 Å². The number of nitrogens with zero attached hydrogens (tertiary/aromatic N) is 2. The van der Waals surface area contributed by atoms with Crippen LogP contribution in [0.15, 0.2) is 24.3 Å². The number of anilines is 1. The molecule has 0 radical (unpaired) electrons. The SMILES string of the molecule is CCCN(C)C(=O)c1cccc(N(CCO)C(=O)C(C)C(OC(C)=O)C(=O)O)c1. The second-order valence-corrected chi connectivity index (χ2v) is 6.65. The van der Waals surface area contributed by atoms with E-state index >= 15 is 0 Å². The zero-order chi connectivity index (χ0) is 22.1. The predicted octanol–water partition coefficient (Wildman–Crippen LogP) is 1.15. The van der Waals surface area contributed by atoms with E-state index in [1.807, 2.05) is 6.92 Å². The van der Waals surface area contributed by atoms with Gasteiger partial charge in [-0.1, -0.05) is 13.0 Å². The van der Waals surface area contributed by atoms with Gasteiger partial charge in [-0.3, -0.25) is 14.4 Å². The maximum Gasteiger partial charge on any atom is 0.345 e. The van der Waals surface area contributed by atoms with Gasteiger partial charge in [-0.05, 0) is 31.5 Å². The highest BCUT2D eigenvalue weighted by Gasteiger charge is 2.36. The van der Waals surface area contributed by atoms with Gasteiger partial charge in [-0.25, -0.2) is 4.79 Å². The number of benzene rings is 1. The fourth-order valence-corrected chi connectivity index (χ4v) is 2.85. The van der Waals surface area contributed by atoms with Gasteiger partial charge in [0.15, 0.2) is 0 Å². The molecule has 0 spiro atoms. The first-order valence-corrected chi connectivity index (χ1v) is 9.31. The molecule has 2 atom stereocenters. The summed E-state index contributed by atoms with van der Waals surface area (Å²) in [5.74, 6) is -4.35. The molecule has 29 heavy (non-hydrogen) atoms. The van der Waals surface area contributed by atoms with Crippen LogP contribution in [0.3, 0.4) is 0 Å². The number of aliphatic hydroxyl groups is 1. The van der Waals surface area contributed by atoms with Gasteiger partial charge in [0, 0.05) is 38.3 Å². The van der Waals surface area contributed by atoms with Crippen molar-refractivity contribution < 1.29 is 34.1 Å². The van der Waals surface area contributed by atoms with Crippen molar-refractivity contribution >= 4 is 29.4 Å². The highest BCUT2D eigenvalue weighted by atomic mass is 16.6. The van der Waals surface area contributed by atoms with Gasteiger partial charge in [0.2, 0.25) is 12.0 Å². The van der Waals surface area contributed by atoms with Crippen LogP contribution >= 0.6 is 0 Å². The summed E-state index contributed by atoms with van der Waals surface area (Å²) < 4.78 is 4.77. The lowest BCUT2D eigenvalue weighted by atomic mass is 10.0. The number of amides is 2. The minimum atomic E-state index is -1.67. The maximum absolute atomic E-state index is 12.9. The molecular formula is C20H28N2O7. The van der Waals surface area contributed by atoms with Gasteiger partial charge in [0.25, 0.3) is 5.91 Å². The zero-order valence-corrected chi connectivity index (χ0v) is 17.1. The normalized spacial score (nSPS) is 12.6. The molecule has 2 unspecified atom stereocenters. The Hall–Kier alpha value is -2.94. The summed E-state index contributed by atoms with van der Waals surface area (Å²) in [6.07, 6.45) is -0.872. The second kappa shape index (κ2) is 11.2. The molecule has 0 saturated heterocycles. The molecule has 1 aromatic carbocycles. The quantitative estimate of drug-likeness (QED) is 0.556. The van der Waals surface area contributed by atoms with Crippen LogP contribution in [0, 0.1) is 5.92 Å². The number of aliphatic hydroxyl groups excluding tert-OH is 1. The first-order valence-electron chi connectivity index (χ1n) is 9.31. The number of ether oxygens (including phenoxy) is 1. The molecule has 1 aromatic rings. The average molecular weight is 408 g/mol. The molecule has 0 aliphatic carbocycles. The Labute approximate surface area is 169 Å². The number of carbonyl (C=O) groups is 4. The average Bonchev–Trinajstić information content (AvgIpc) is 2.68. The molecule has 2 N–H and O–H groups in total. The summed E-state index contributed by atoms with van der Waals surface area (Å²) in [4.78, 5) is 50.8. The smallest absolute Gasteiger partial charge is 0.345 e.